The van der Waals surface area contributed by atoms with Gasteiger partial charge in [0.15, 0.2) is 0 Å². The van der Waals surface area contributed by atoms with Gasteiger partial charge in [0.1, 0.15) is 22.0 Å². The smallest absolute Gasteiger partial charge is 0.133 e. The zero-order valence-electron chi connectivity index (χ0n) is 13.0. The largest absolute Gasteiger partial charge is 0.496 e. The van der Waals surface area contributed by atoms with E-state index < -0.39 is 0 Å². The highest BCUT2D eigenvalue weighted by Crippen LogP contribution is 2.39. The minimum absolute atomic E-state index is 0.256. The number of aromatic amines is 1. The monoisotopic (exact) mass is 304 g/mol. The lowest BCUT2D eigenvalue weighted by atomic mass is 10.0. The number of ether oxygens (including phenoxy) is 2. The lowest BCUT2D eigenvalue weighted by molar-refractivity contribution is 0.397. The summed E-state index contributed by atoms with van der Waals surface area (Å²) in [7, 11) is 3.29. The number of nitrogens with zero attached hydrogens (tertiary/aromatic N) is 1. The molecule has 1 aromatic carbocycles. The van der Waals surface area contributed by atoms with Gasteiger partial charge in [-0.05, 0) is 19.1 Å². The summed E-state index contributed by atoms with van der Waals surface area (Å²) in [5.74, 6) is 2.59. The number of hydrogen-bond acceptors (Lipinski definition) is 4. The first-order valence-corrected chi connectivity index (χ1v) is 7.22. The average Bonchev–Trinajstić information content (AvgIpc) is 2.48. The molecular weight excluding hydrogens is 284 g/mol. The van der Waals surface area contributed by atoms with Crippen LogP contribution in [0.3, 0.4) is 0 Å². The van der Waals surface area contributed by atoms with Crippen LogP contribution >= 0.6 is 12.2 Å². The number of nitrogens with one attached hydrogen (secondary N) is 1. The van der Waals surface area contributed by atoms with Gasteiger partial charge in [0.25, 0.3) is 0 Å². The molecular formula is C16H20N2O2S. The summed E-state index contributed by atoms with van der Waals surface area (Å²) >= 11 is 5.39. The Kier molecular flexibility index (Phi) is 4.63. The van der Waals surface area contributed by atoms with Gasteiger partial charge in [-0.1, -0.05) is 32.1 Å². The lowest BCUT2D eigenvalue weighted by Gasteiger charge is -2.17. The third-order valence-corrected chi connectivity index (χ3v) is 3.79. The third kappa shape index (κ3) is 2.93. The highest BCUT2D eigenvalue weighted by Gasteiger charge is 2.17. The van der Waals surface area contributed by atoms with Crippen molar-refractivity contribution in [2.24, 2.45) is 0 Å². The fraction of sp³-hybridized carbons (Fsp3) is 0.375. The first kappa shape index (κ1) is 15.5. The van der Waals surface area contributed by atoms with Crippen LogP contribution < -0.4 is 9.47 Å². The van der Waals surface area contributed by atoms with Gasteiger partial charge in [-0.3, -0.25) is 0 Å². The topological polar surface area (TPSA) is 47.1 Å². The zero-order valence-corrected chi connectivity index (χ0v) is 13.8. The Morgan fingerprint density at radius 2 is 1.71 bits per heavy atom. The van der Waals surface area contributed by atoms with E-state index in [1.54, 1.807) is 14.2 Å². The van der Waals surface area contributed by atoms with E-state index in [2.05, 4.69) is 23.8 Å². The Labute approximate surface area is 130 Å². The molecule has 5 heteroatoms. The van der Waals surface area contributed by atoms with Crippen LogP contribution in [0.4, 0.5) is 0 Å². The second-order valence-electron chi connectivity index (χ2n) is 5.12. The predicted octanol–water partition coefficient (Wildman–Crippen LogP) is 4.26. The normalized spacial score (nSPS) is 10.8. The minimum atomic E-state index is 0.256. The molecule has 0 saturated carbocycles. The summed E-state index contributed by atoms with van der Waals surface area (Å²) in [4.78, 5) is 7.83. The number of methoxy groups -OCH3 is 2. The standard InChI is InChI=1S/C16H20N2O2S/c1-9(2)15-17-14(10(3)16(21)18-15)13-11(19-4)7-6-8-12(13)20-5/h6-9H,1-5H3,(H,17,18,21). The number of benzene rings is 1. The van der Waals surface area contributed by atoms with Crippen LogP contribution in [-0.2, 0) is 0 Å². The van der Waals surface area contributed by atoms with Crippen molar-refractivity contribution in [2.75, 3.05) is 14.2 Å². The van der Waals surface area contributed by atoms with Crippen molar-refractivity contribution in [1.82, 2.24) is 9.97 Å². The maximum atomic E-state index is 5.48. The first-order valence-electron chi connectivity index (χ1n) is 6.81. The van der Waals surface area contributed by atoms with E-state index >= 15 is 0 Å². The van der Waals surface area contributed by atoms with Gasteiger partial charge in [0, 0.05) is 11.5 Å². The quantitative estimate of drug-likeness (QED) is 0.858. The van der Waals surface area contributed by atoms with Crippen molar-refractivity contribution < 1.29 is 9.47 Å². The Bertz CT molecular complexity index is 686. The Hall–Kier alpha value is -1.88. The SMILES string of the molecule is COc1cccc(OC)c1-c1[nH]c(C(C)C)nc(=S)c1C. The molecule has 0 radical (unpaired) electrons. The molecule has 1 aromatic heterocycles. The molecule has 0 fully saturated rings. The number of H-pyrrole nitrogens is 1. The Balaban J connectivity index is 2.81. The van der Waals surface area contributed by atoms with Crippen LogP contribution in [0.25, 0.3) is 11.3 Å². The lowest BCUT2D eigenvalue weighted by Crippen LogP contribution is -2.04. The van der Waals surface area contributed by atoms with Crippen molar-refractivity contribution in [3.05, 3.63) is 34.2 Å². The van der Waals surface area contributed by atoms with Gasteiger partial charge in [0.05, 0.1) is 25.5 Å². The van der Waals surface area contributed by atoms with Crippen molar-refractivity contribution >= 4 is 12.2 Å². The molecule has 0 aliphatic carbocycles. The van der Waals surface area contributed by atoms with E-state index in [1.807, 2.05) is 25.1 Å². The van der Waals surface area contributed by atoms with E-state index in [-0.39, 0.29) is 5.92 Å². The summed E-state index contributed by atoms with van der Waals surface area (Å²) in [5.41, 5.74) is 2.68. The summed E-state index contributed by atoms with van der Waals surface area (Å²) < 4.78 is 11.6. The maximum absolute atomic E-state index is 5.48. The number of aromatic nitrogens is 2. The van der Waals surface area contributed by atoms with E-state index in [4.69, 9.17) is 21.7 Å². The zero-order chi connectivity index (χ0) is 15.6. The molecule has 112 valence electrons. The van der Waals surface area contributed by atoms with Crippen LogP contribution in [0.2, 0.25) is 0 Å². The molecule has 2 rings (SSSR count). The number of rotatable bonds is 4. The van der Waals surface area contributed by atoms with Crippen molar-refractivity contribution in [3.8, 4) is 22.8 Å². The molecule has 0 aliphatic rings. The molecule has 0 saturated heterocycles. The van der Waals surface area contributed by atoms with Gasteiger partial charge < -0.3 is 14.5 Å². The van der Waals surface area contributed by atoms with Crippen molar-refractivity contribution in [1.29, 1.82) is 0 Å². The first-order chi connectivity index (χ1) is 9.99. The molecule has 1 heterocycles. The van der Waals surface area contributed by atoms with Crippen LogP contribution in [-0.4, -0.2) is 24.2 Å². The van der Waals surface area contributed by atoms with E-state index in [0.717, 1.165) is 34.1 Å². The van der Waals surface area contributed by atoms with Crippen molar-refractivity contribution in [2.45, 2.75) is 26.7 Å². The van der Waals surface area contributed by atoms with E-state index in [1.165, 1.54) is 0 Å². The molecule has 0 aliphatic heterocycles. The Morgan fingerprint density at radius 3 is 2.19 bits per heavy atom. The van der Waals surface area contributed by atoms with Gasteiger partial charge in [-0.2, -0.15) is 0 Å². The fourth-order valence-electron chi connectivity index (χ4n) is 2.17. The third-order valence-electron chi connectivity index (χ3n) is 3.40. The van der Waals surface area contributed by atoms with Crippen LogP contribution in [0.1, 0.15) is 31.2 Å². The maximum Gasteiger partial charge on any atom is 0.133 e. The van der Waals surface area contributed by atoms with Gasteiger partial charge in [-0.25, -0.2) is 4.98 Å². The molecule has 0 bridgehead atoms. The molecule has 2 aromatic rings. The Morgan fingerprint density at radius 1 is 1.14 bits per heavy atom. The van der Waals surface area contributed by atoms with E-state index in [9.17, 15) is 0 Å². The van der Waals surface area contributed by atoms with Gasteiger partial charge in [0.2, 0.25) is 0 Å². The predicted molar refractivity (Wildman–Crippen MR) is 86.8 cm³/mol. The molecule has 21 heavy (non-hydrogen) atoms. The van der Waals surface area contributed by atoms with Crippen LogP contribution in [0.15, 0.2) is 18.2 Å². The molecule has 1 N–H and O–H groups in total. The minimum Gasteiger partial charge on any atom is -0.496 e. The summed E-state index contributed by atoms with van der Waals surface area (Å²) in [5, 5.41) is 0. The second kappa shape index (κ2) is 6.26. The molecule has 4 nitrogen and oxygen atoms in total. The van der Waals surface area contributed by atoms with Gasteiger partial charge in [-0.15, -0.1) is 0 Å². The fourth-order valence-corrected chi connectivity index (χ4v) is 2.37. The molecule has 0 spiro atoms. The molecule has 0 unspecified atom stereocenters. The summed E-state index contributed by atoms with van der Waals surface area (Å²) in [6.07, 6.45) is 0. The van der Waals surface area contributed by atoms with Gasteiger partial charge >= 0.3 is 0 Å². The molecule has 0 amide bonds. The summed E-state index contributed by atoms with van der Waals surface area (Å²) in [6, 6.07) is 5.71. The highest BCUT2D eigenvalue weighted by atomic mass is 32.1. The van der Waals surface area contributed by atoms with Crippen molar-refractivity contribution in [3.63, 3.8) is 0 Å². The average molecular weight is 304 g/mol. The number of hydrogen-bond donors (Lipinski definition) is 1. The van der Waals surface area contributed by atoms with Crippen LogP contribution in [0.5, 0.6) is 11.5 Å². The van der Waals surface area contributed by atoms with Crippen LogP contribution in [0, 0.1) is 11.6 Å². The summed E-state index contributed by atoms with van der Waals surface area (Å²) in [6.45, 7) is 6.11. The highest BCUT2D eigenvalue weighted by molar-refractivity contribution is 7.71. The second-order valence-corrected chi connectivity index (χ2v) is 5.51. The molecule has 0 atom stereocenters. The van der Waals surface area contributed by atoms with E-state index in [0.29, 0.717) is 4.64 Å².